The minimum absolute atomic E-state index is 0.0318. The quantitative estimate of drug-likeness (QED) is 0.540. The molecule has 20 heavy (non-hydrogen) atoms. The number of hydrogen-bond acceptors (Lipinski definition) is 3. The van der Waals surface area contributed by atoms with Crippen LogP contribution in [0.4, 0.5) is 0 Å². The third kappa shape index (κ3) is 3.43. The molecule has 0 fully saturated rings. The fraction of sp³-hybridized carbons (Fsp3) is 0.500. The third-order valence-electron chi connectivity index (χ3n) is 4.08. The van der Waals surface area contributed by atoms with Crippen molar-refractivity contribution in [3.05, 3.63) is 34.0 Å². The monoisotopic (exact) mass is 384 g/mol. The number of ether oxygens (including phenoxy) is 1. The summed E-state index contributed by atoms with van der Waals surface area (Å²) in [6.45, 7) is 5.86. The molecule has 0 heterocycles. The van der Waals surface area contributed by atoms with Crippen molar-refractivity contribution in [1.82, 2.24) is 0 Å². The Morgan fingerprint density at radius 2 is 2.10 bits per heavy atom. The number of esters is 1. The fourth-order valence-electron chi connectivity index (χ4n) is 2.31. The fourth-order valence-corrected chi connectivity index (χ4v) is 4.35. The normalized spacial score (nSPS) is 23.6. The van der Waals surface area contributed by atoms with Gasteiger partial charge in [0.2, 0.25) is 0 Å². The average Bonchev–Trinajstić information content (AvgIpc) is 2.71. The van der Waals surface area contributed by atoms with Crippen LogP contribution in [-0.2, 0) is 14.3 Å². The Bertz CT molecular complexity index is 494. The van der Waals surface area contributed by atoms with E-state index in [-0.39, 0.29) is 18.2 Å². The summed E-state index contributed by atoms with van der Waals surface area (Å²) in [6, 6.07) is 0. The molecule has 1 atom stereocenters. The van der Waals surface area contributed by atoms with E-state index in [4.69, 9.17) is 4.74 Å². The molecule has 0 saturated carbocycles. The van der Waals surface area contributed by atoms with E-state index in [1.807, 2.05) is 0 Å². The summed E-state index contributed by atoms with van der Waals surface area (Å²) in [4.78, 5) is 31.0. The van der Waals surface area contributed by atoms with Crippen molar-refractivity contribution in [3.63, 3.8) is 0 Å². The van der Waals surface area contributed by atoms with Gasteiger partial charge in [0.1, 0.15) is 0 Å². The molecule has 1 aliphatic rings. The molecule has 4 heteroatoms. The van der Waals surface area contributed by atoms with E-state index < -0.39 is 23.8 Å². The maximum atomic E-state index is 12.2. The van der Waals surface area contributed by atoms with Crippen LogP contribution in [0.5, 0.6) is 0 Å². The van der Waals surface area contributed by atoms with Gasteiger partial charge >= 0.3 is 126 Å². The first-order valence-electron chi connectivity index (χ1n) is 6.80. The Balaban J connectivity index is 3.17. The number of carbonyl (C=O) groups excluding carboxylic acids is 2. The van der Waals surface area contributed by atoms with Crippen LogP contribution >= 0.6 is 0 Å². The van der Waals surface area contributed by atoms with Gasteiger partial charge in [0.15, 0.2) is 0 Å². The second-order valence-corrected chi connectivity index (χ2v) is 21.5. The number of methoxy groups -OCH3 is 1. The van der Waals surface area contributed by atoms with Crippen molar-refractivity contribution in [2.24, 2.45) is 5.41 Å². The number of carbonyl (C=O) groups is 2. The van der Waals surface area contributed by atoms with Gasteiger partial charge in [-0.15, -0.1) is 0 Å². The first-order chi connectivity index (χ1) is 9.17. The second kappa shape index (κ2) is 6.29. The van der Waals surface area contributed by atoms with E-state index in [2.05, 4.69) is 34.4 Å². The molecule has 0 aromatic rings. The Labute approximate surface area is 125 Å². The van der Waals surface area contributed by atoms with Crippen LogP contribution in [0.2, 0.25) is 14.8 Å². The molecule has 0 radical (unpaired) electrons. The Morgan fingerprint density at radius 1 is 1.50 bits per heavy atom. The Kier molecular flexibility index (Phi) is 5.41. The van der Waals surface area contributed by atoms with E-state index in [0.717, 1.165) is 0 Å². The Hall–Kier alpha value is -0.841. The third-order valence-corrected chi connectivity index (χ3v) is 11.4. The molecule has 1 unspecified atom stereocenters. The average molecular weight is 383 g/mol. The molecule has 0 saturated heterocycles. The molecule has 1 rings (SSSR count). The zero-order valence-electron chi connectivity index (χ0n) is 13.1. The van der Waals surface area contributed by atoms with Gasteiger partial charge in [-0.3, -0.25) is 0 Å². The van der Waals surface area contributed by atoms with Crippen molar-refractivity contribution in [2.75, 3.05) is 7.11 Å². The van der Waals surface area contributed by atoms with Gasteiger partial charge < -0.3 is 0 Å². The van der Waals surface area contributed by atoms with E-state index >= 15 is 0 Å². The predicted molar refractivity (Wildman–Crippen MR) is 84.1 cm³/mol. The molecule has 110 valence electrons. The molecule has 3 nitrogen and oxygen atoms in total. The van der Waals surface area contributed by atoms with Crippen molar-refractivity contribution in [1.29, 1.82) is 0 Å². The molecular weight excluding hydrogens is 359 g/mol. The molecule has 1 aliphatic carbocycles. The summed E-state index contributed by atoms with van der Waals surface area (Å²) in [5.74, 6) is -0.377. The van der Waals surface area contributed by atoms with Gasteiger partial charge in [-0.2, -0.15) is 0 Å². The van der Waals surface area contributed by atoms with Gasteiger partial charge in [0.25, 0.3) is 0 Å². The van der Waals surface area contributed by atoms with Crippen LogP contribution in [0.25, 0.3) is 0 Å². The van der Waals surface area contributed by atoms with Crippen molar-refractivity contribution in [2.45, 2.75) is 34.6 Å². The minimum atomic E-state index is -2.11. The Morgan fingerprint density at radius 3 is 2.55 bits per heavy atom. The van der Waals surface area contributed by atoms with Gasteiger partial charge in [0, 0.05) is 0 Å². The van der Waals surface area contributed by atoms with E-state index in [1.165, 1.54) is 16.8 Å². The van der Waals surface area contributed by atoms with Crippen LogP contribution in [0.1, 0.15) is 19.8 Å². The van der Waals surface area contributed by atoms with E-state index in [1.54, 1.807) is 6.08 Å². The summed E-state index contributed by atoms with van der Waals surface area (Å²) in [5.41, 5.74) is -0.186. The van der Waals surface area contributed by atoms with Crippen LogP contribution in [-0.4, -0.2) is 37.2 Å². The molecule has 0 N–H and O–H groups in total. The van der Waals surface area contributed by atoms with Crippen LogP contribution in [0.15, 0.2) is 34.0 Å². The van der Waals surface area contributed by atoms with E-state index in [0.29, 0.717) is 12.0 Å². The SMILES string of the molecule is C=CC1=CC(=O)CC1(C/C=[C](\C)[Sn]([CH3])([CH3])[CH3])C(=O)OC. The summed E-state index contributed by atoms with van der Waals surface area (Å²) in [7, 11) is 1.37. The molecular formula is C16H24O3Sn. The number of ketones is 1. The summed E-state index contributed by atoms with van der Waals surface area (Å²) in [6.07, 6.45) is 5.95. The number of hydrogen-bond donors (Lipinski definition) is 0. The van der Waals surface area contributed by atoms with Gasteiger partial charge in [0.05, 0.1) is 0 Å². The number of allylic oxidation sites excluding steroid dienone is 4. The molecule has 0 aromatic carbocycles. The summed E-state index contributed by atoms with van der Waals surface area (Å²) >= 11 is -2.11. The first-order valence-corrected chi connectivity index (χ1v) is 16.8. The molecule has 0 amide bonds. The zero-order chi connectivity index (χ0) is 15.6. The topological polar surface area (TPSA) is 43.4 Å². The van der Waals surface area contributed by atoms with Crippen LogP contribution < -0.4 is 0 Å². The first kappa shape index (κ1) is 17.2. The maximum absolute atomic E-state index is 12.2. The molecule has 0 spiro atoms. The molecule has 0 aliphatic heterocycles. The summed E-state index contributed by atoms with van der Waals surface area (Å²) < 4.78 is 6.34. The van der Waals surface area contributed by atoms with Gasteiger partial charge in [-0.1, -0.05) is 0 Å². The van der Waals surface area contributed by atoms with Gasteiger partial charge in [-0.05, 0) is 0 Å². The van der Waals surface area contributed by atoms with Crippen LogP contribution in [0.3, 0.4) is 0 Å². The summed E-state index contributed by atoms with van der Waals surface area (Å²) in [5, 5.41) is 0. The zero-order valence-corrected chi connectivity index (χ0v) is 15.9. The second-order valence-electron chi connectivity index (χ2n) is 6.36. The molecule has 0 bridgehead atoms. The van der Waals surface area contributed by atoms with Crippen molar-refractivity contribution < 1.29 is 14.3 Å². The standard InChI is InChI=1S/C13H15O3.3CH3.Sn/c1-4-6-7-13(12(15)16-3)9-11(14)8-10(13)5-2;;;;/h5-6,8H,2,7,9H2,1,3H3;3*1H3;. The molecule has 0 aromatic heterocycles. The van der Waals surface area contributed by atoms with E-state index in [9.17, 15) is 9.59 Å². The van der Waals surface area contributed by atoms with Crippen LogP contribution in [0, 0.1) is 5.41 Å². The van der Waals surface area contributed by atoms with Gasteiger partial charge in [-0.25, -0.2) is 0 Å². The van der Waals surface area contributed by atoms with Crippen molar-refractivity contribution in [3.8, 4) is 0 Å². The predicted octanol–water partition coefficient (Wildman–Crippen LogP) is 3.44. The van der Waals surface area contributed by atoms with Crippen molar-refractivity contribution >= 4 is 30.1 Å². The number of rotatable bonds is 5.